The van der Waals surface area contributed by atoms with Crippen LogP contribution in [0.2, 0.25) is 0 Å². The van der Waals surface area contributed by atoms with Crippen LogP contribution in [-0.4, -0.2) is 40.8 Å². The third-order valence-corrected chi connectivity index (χ3v) is 5.62. The number of nitrogens with one attached hydrogen (secondary N) is 1. The molecule has 0 bridgehead atoms. The molecule has 3 N–H and O–H groups in total. The fourth-order valence-corrected chi connectivity index (χ4v) is 3.65. The Kier molecular flexibility index (Phi) is 8.96. The summed E-state index contributed by atoms with van der Waals surface area (Å²) in [7, 11) is 0. The molecule has 6 nitrogen and oxygen atoms in total. The van der Waals surface area contributed by atoms with E-state index in [1.54, 1.807) is 12.1 Å². The standard InChI is InChI=1S/C28H31NO5/c1-19(16-21-10-14-25(15-11-21)34-18-27(31)32)28(33)29-26(20(2)30)17-22-8-12-24(13-9-22)23-6-4-3-5-7-23/h3-15,19,26-27,31-32H,16-18H2,1-2H3,(H,29,33)/t19-,26-/m0/s1. The van der Waals surface area contributed by atoms with Crippen LogP contribution in [0, 0.1) is 5.92 Å². The first-order valence-electron chi connectivity index (χ1n) is 11.3. The molecule has 3 aromatic rings. The van der Waals surface area contributed by atoms with E-state index >= 15 is 0 Å². The number of rotatable bonds is 11. The first kappa shape index (κ1) is 25.1. The largest absolute Gasteiger partial charge is 0.488 e. The van der Waals surface area contributed by atoms with Gasteiger partial charge in [-0.15, -0.1) is 0 Å². The van der Waals surface area contributed by atoms with Crippen LogP contribution in [0.4, 0.5) is 0 Å². The van der Waals surface area contributed by atoms with E-state index in [0.29, 0.717) is 18.6 Å². The number of hydrogen-bond acceptors (Lipinski definition) is 5. The first-order valence-corrected chi connectivity index (χ1v) is 11.3. The number of carbonyl (C=O) groups is 2. The monoisotopic (exact) mass is 461 g/mol. The fraction of sp³-hybridized carbons (Fsp3) is 0.286. The van der Waals surface area contributed by atoms with Crippen molar-refractivity contribution in [2.24, 2.45) is 5.92 Å². The summed E-state index contributed by atoms with van der Waals surface area (Å²) >= 11 is 0. The van der Waals surface area contributed by atoms with Crippen LogP contribution < -0.4 is 10.1 Å². The Morgan fingerprint density at radius 3 is 1.97 bits per heavy atom. The second kappa shape index (κ2) is 12.1. The lowest BCUT2D eigenvalue weighted by Crippen LogP contribution is -2.44. The maximum Gasteiger partial charge on any atom is 0.223 e. The van der Waals surface area contributed by atoms with Crippen molar-refractivity contribution in [1.82, 2.24) is 5.32 Å². The zero-order valence-corrected chi connectivity index (χ0v) is 19.5. The van der Waals surface area contributed by atoms with Crippen molar-refractivity contribution in [3.05, 3.63) is 90.0 Å². The molecular formula is C28H31NO5. The zero-order valence-electron chi connectivity index (χ0n) is 19.5. The van der Waals surface area contributed by atoms with Gasteiger partial charge < -0.3 is 20.3 Å². The molecule has 0 aliphatic carbocycles. The molecule has 0 unspecified atom stereocenters. The minimum atomic E-state index is -1.53. The molecule has 0 aliphatic rings. The Morgan fingerprint density at radius 1 is 0.824 bits per heavy atom. The van der Waals surface area contributed by atoms with Gasteiger partial charge in [0.05, 0.1) is 6.04 Å². The summed E-state index contributed by atoms with van der Waals surface area (Å²) in [6.07, 6.45) is -0.587. The molecule has 178 valence electrons. The van der Waals surface area contributed by atoms with E-state index in [9.17, 15) is 9.59 Å². The molecule has 0 fully saturated rings. The summed E-state index contributed by atoms with van der Waals surface area (Å²) in [6, 6.07) is 24.6. The van der Waals surface area contributed by atoms with Crippen molar-refractivity contribution in [2.75, 3.05) is 6.61 Å². The molecule has 0 heterocycles. The number of ether oxygens (including phenoxy) is 1. The van der Waals surface area contributed by atoms with Gasteiger partial charge in [0.2, 0.25) is 5.91 Å². The molecule has 0 saturated carbocycles. The molecule has 0 radical (unpaired) electrons. The third-order valence-electron chi connectivity index (χ3n) is 5.62. The summed E-state index contributed by atoms with van der Waals surface area (Å²) in [5.74, 6) is -0.0673. The van der Waals surface area contributed by atoms with Crippen LogP contribution in [-0.2, 0) is 22.4 Å². The summed E-state index contributed by atoms with van der Waals surface area (Å²) in [6.45, 7) is 3.11. The van der Waals surface area contributed by atoms with Gasteiger partial charge in [0.1, 0.15) is 12.4 Å². The lowest BCUT2D eigenvalue weighted by molar-refractivity contribution is -0.129. The average Bonchev–Trinajstić information content (AvgIpc) is 2.84. The number of benzene rings is 3. The molecule has 34 heavy (non-hydrogen) atoms. The number of hydrogen-bond donors (Lipinski definition) is 3. The van der Waals surface area contributed by atoms with Crippen LogP contribution in [0.25, 0.3) is 11.1 Å². The highest BCUT2D eigenvalue weighted by Gasteiger charge is 2.21. The van der Waals surface area contributed by atoms with E-state index < -0.39 is 12.3 Å². The van der Waals surface area contributed by atoms with Crippen LogP contribution in [0.1, 0.15) is 25.0 Å². The third kappa shape index (κ3) is 7.54. The first-order chi connectivity index (χ1) is 16.3. The number of ketones is 1. The Labute approximate surface area is 200 Å². The number of aliphatic hydroxyl groups excluding tert-OH is 1. The Morgan fingerprint density at radius 2 is 1.38 bits per heavy atom. The molecule has 0 spiro atoms. The number of amides is 1. The quantitative estimate of drug-likeness (QED) is 0.380. The molecule has 0 aromatic heterocycles. The molecule has 0 aliphatic heterocycles. The van der Waals surface area contributed by atoms with Crippen LogP contribution in [0.5, 0.6) is 5.75 Å². The Balaban J connectivity index is 1.56. The van der Waals surface area contributed by atoms with E-state index in [2.05, 4.69) is 17.4 Å². The minimum absolute atomic E-state index is 0.0831. The van der Waals surface area contributed by atoms with E-state index in [-0.39, 0.29) is 24.2 Å². The van der Waals surface area contributed by atoms with Gasteiger partial charge in [-0.2, -0.15) is 0 Å². The summed E-state index contributed by atoms with van der Waals surface area (Å²) in [4.78, 5) is 25.0. The molecular weight excluding hydrogens is 430 g/mol. The molecule has 0 saturated heterocycles. The van der Waals surface area contributed by atoms with Crippen molar-refractivity contribution in [2.45, 2.75) is 39.0 Å². The summed E-state index contributed by atoms with van der Waals surface area (Å²) < 4.78 is 5.23. The number of carbonyl (C=O) groups excluding carboxylic acids is 2. The molecule has 6 heteroatoms. The minimum Gasteiger partial charge on any atom is -0.488 e. The molecule has 3 rings (SSSR count). The van der Waals surface area contributed by atoms with Gasteiger partial charge >= 0.3 is 0 Å². The van der Waals surface area contributed by atoms with E-state index in [1.807, 2.05) is 61.5 Å². The fourth-order valence-electron chi connectivity index (χ4n) is 3.65. The molecule has 1 amide bonds. The lowest BCUT2D eigenvalue weighted by Gasteiger charge is -2.19. The van der Waals surface area contributed by atoms with Crippen molar-refractivity contribution in [1.29, 1.82) is 0 Å². The van der Waals surface area contributed by atoms with Gasteiger partial charge in [0.15, 0.2) is 12.1 Å². The van der Waals surface area contributed by atoms with Gasteiger partial charge in [-0.25, -0.2) is 0 Å². The van der Waals surface area contributed by atoms with Crippen LogP contribution >= 0.6 is 0 Å². The highest BCUT2D eigenvalue weighted by atomic mass is 16.5. The van der Waals surface area contributed by atoms with Crippen molar-refractivity contribution < 1.29 is 24.5 Å². The maximum atomic E-state index is 12.8. The smallest absolute Gasteiger partial charge is 0.223 e. The van der Waals surface area contributed by atoms with Crippen LogP contribution in [0.3, 0.4) is 0 Å². The SMILES string of the molecule is CC(=O)[C@H](Cc1ccc(-c2ccccc2)cc1)NC(=O)[C@@H](C)Cc1ccc(OCC(O)O)cc1. The molecule has 2 atom stereocenters. The van der Waals surface area contributed by atoms with Gasteiger partial charge in [0, 0.05) is 5.92 Å². The Bertz CT molecular complexity index is 1060. The second-order valence-corrected chi connectivity index (χ2v) is 8.48. The second-order valence-electron chi connectivity index (χ2n) is 8.48. The highest BCUT2D eigenvalue weighted by Crippen LogP contribution is 2.20. The van der Waals surface area contributed by atoms with E-state index in [4.69, 9.17) is 14.9 Å². The number of aliphatic hydroxyl groups is 2. The van der Waals surface area contributed by atoms with E-state index in [0.717, 1.165) is 22.3 Å². The molecule has 3 aromatic carbocycles. The maximum absolute atomic E-state index is 12.8. The topological polar surface area (TPSA) is 95.9 Å². The van der Waals surface area contributed by atoms with Gasteiger partial charge in [-0.05, 0) is 54.2 Å². The van der Waals surface area contributed by atoms with Crippen molar-refractivity contribution in [3.63, 3.8) is 0 Å². The highest BCUT2D eigenvalue weighted by molar-refractivity contribution is 5.88. The zero-order chi connectivity index (χ0) is 24.5. The van der Waals surface area contributed by atoms with E-state index in [1.165, 1.54) is 6.92 Å². The normalized spacial score (nSPS) is 12.7. The summed E-state index contributed by atoms with van der Waals surface area (Å²) in [5.41, 5.74) is 4.15. The number of Topliss-reactive ketones (excluding diaryl/α,β-unsaturated/α-hetero) is 1. The summed E-state index contributed by atoms with van der Waals surface area (Å²) in [5, 5.41) is 20.7. The predicted octanol–water partition coefficient (Wildman–Crippen LogP) is 3.54. The van der Waals surface area contributed by atoms with Crippen LogP contribution in [0.15, 0.2) is 78.9 Å². The van der Waals surface area contributed by atoms with Gasteiger partial charge in [0.25, 0.3) is 0 Å². The average molecular weight is 462 g/mol. The van der Waals surface area contributed by atoms with Crippen molar-refractivity contribution >= 4 is 11.7 Å². The van der Waals surface area contributed by atoms with Crippen molar-refractivity contribution in [3.8, 4) is 16.9 Å². The predicted molar refractivity (Wildman–Crippen MR) is 131 cm³/mol. The lowest BCUT2D eigenvalue weighted by atomic mass is 9.97. The van der Waals surface area contributed by atoms with Gasteiger partial charge in [-0.1, -0.05) is 73.7 Å². The Hall–Kier alpha value is -3.48. The van der Waals surface area contributed by atoms with Gasteiger partial charge in [-0.3, -0.25) is 9.59 Å².